The fraction of sp³-hybridized carbons (Fsp3) is 0.600. The second-order valence-corrected chi connectivity index (χ2v) is 11.1. The highest BCUT2D eigenvalue weighted by atomic mass is 28.4. The van der Waals surface area contributed by atoms with E-state index in [2.05, 4.69) is 33.9 Å². The minimum Gasteiger partial charge on any atom is -0.504 e. The molecule has 0 saturated carbocycles. The molecule has 1 aromatic rings. The summed E-state index contributed by atoms with van der Waals surface area (Å²) in [6.45, 7) is 12.5. The van der Waals surface area contributed by atoms with Crippen LogP contribution in [-0.2, 0) is 4.43 Å². The van der Waals surface area contributed by atoms with E-state index in [0.29, 0.717) is 19.0 Å². The maximum Gasteiger partial charge on any atom is 0.191 e. The molecule has 0 fully saturated rings. The molecule has 1 N–H and O–H groups in total. The summed E-state index contributed by atoms with van der Waals surface area (Å²) >= 11 is 0. The van der Waals surface area contributed by atoms with Gasteiger partial charge >= 0.3 is 0 Å². The molecule has 0 bridgehead atoms. The Bertz CT molecular complexity index is 397. The van der Waals surface area contributed by atoms with Gasteiger partial charge in [-0.05, 0) is 30.3 Å². The van der Waals surface area contributed by atoms with Crippen LogP contribution in [0.1, 0.15) is 27.2 Å². The van der Waals surface area contributed by atoms with Crippen molar-refractivity contribution >= 4 is 8.32 Å². The van der Waals surface area contributed by atoms with E-state index in [1.165, 1.54) is 0 Å². The monoisotopic (exact) mass is 282 g/mol. The van der Waals surface area contributed by atoms with Crippen molar-refractivity contribution in [1.82, 2.24) is 0 Å². The molecule has 0 spiro atoms. The van der Waals surface area contributed by atoms with E-state index < -0.39 is 8.32 Å². The van der Waals surface area contributed by atoms with Crippen LogP contribution in [0.3, 0.4) is 0 Å². The predicted molar refractivity (Wildman–Crippen MR) is 81.4 cm³/mol. The van der Waals surface area contributed by atoms with Gasteiger partial charge in [0.1, 0.15) is 0 Å². The molecule has 0 saturated heterocycles. The van der Waals surface area contributed by atoms with Crippen LogP contribution in [0.4, 0.5) is 0 Å². The van der Waals surface area contributed by atoms with E-state index in [9.17, 15) is 5.11 Å². The third kappa shape index (κ3) is 4.88. The zero-order valence-electron chi connectivity index (χ0n) is 12.7. The molecular weight excluding hydrogens is 256 g/mol. The molecule has 0 heterocycles. The van der Waals surface area contributed by atoms with E-state index in [1.54, 1.807) is 18.2 Å². The number of hydrogen-bond donors (Lipinski definition) is 1. The first kappa shape index (κ1) is 16.1. The predicted octanol–water partition coefficient (Wildman–Crippen LogP) is 4.18. The Balaban J connectivity index is 2.28. The topological polar surface area (TPSA) is 38.7 Å². The van der Waals surface area contributed by atoms with Crippen LogP contribution in [0.5, 0.6) is 11.5 Å². The van der Waals surface area contributed by atoms with Gasteiger partial charge in [0, 0.05) is 13.0 Å². The summed E-state index contributed by atoms with van der Waals surface area (Å²) in [5.41, 5.74) is 0. The molecule has 0 aliphatic carbocycles. The van der Waals surface area contributed by atoms with Crippen molar-refractivity contribution in [3.63, 3.8) is 0 Å². The maximum absolute atomic E-state index is 9.55. The first-order valence-corrected chi connectivity index (χ1v) is 9.69. The van der Waals surface area contributed by atoms with Crippen LogP contribution >= 0.6 is 0 Å². The summed E-state index contributed by atoms with van der Waals surface area (Å²) < 4.78 is 11.6. The Morgan fingerprint density at radius 1 is 1.11 bits per heavy atom. The third-order valence-corrected chi connectivity index (χ3v) is 8.22. The number of phenols is 1. The second kappa shape index (κ2) is 6.44. The third-order valence-electron chi connectivity index (χ3n) is 3.68. The SMILES string of the molecule is CC(C)(C)[Si](C)(C)OCCCOc1ccccc1O. The molecule has 0 unspecified atom stereocenters. The highest BCUT2D eigenvalue weighted by Crippen LogP contribution is 2.36. The molecule has 4 heteroatoms. The molecule has 0 aromatic heterocycles. The van der Waals surface area contributed by atoms with Crippen molar-refractivity contribution in [2.75, 3.05) is 13.2 Å². The minimum absolute atomic E-state index is 0.188. The van der Waals surface area contributed by atoms with Gasteiger partial charge in [0.2, 0.25) is 0 Å². The quantitative estimate of drug-likeness (QED) is 0.628. The van der Waals surface area contributed by atoms with Crippen LogP contribution in [-0.4, -0.2) is 26.6 Å². The number of ether oxygens (including phenoxy) is 1. The lowest BCUT2D eigenvalue weighted by molar-refractivity contribution is 0.229. The lowest BCUT2D eigenvalue weighted by Crippen LogP contribution is -2.41. The fourth-order valence-electron chi connectivity index (χ4n) is 1.36. The molecule has 108 valence electrons. The van der Waals surface area contributed by atoms with Crippen LogP contribution in [0, 0.1) is 0 Å². The Labute approximate surface area is 117 Å². The van der Waals surface area contributed by atoms with Crippen LogP contribution in [0.2, 0.25) is 18.1 Å². The lowest BCUT2D eigenvalue weighted by Gasteiger charge is -2.36. The molecular formula is C15H26O3Si. The molecule has 0 atom stereocenters. The normalized spacial score (nSPS) is 12.5. The number of hydrogen-bond acceptors (Lipinski definition) is 3. The van der Waals surface area contributed by atoms with Crippen molar-refractivity contribution in [3.8, 4) is 11.5 Å². The zero-order chi connectivity index (χ0) is 14.5. The Hall–Kier alpha value is -1.00. The summed E-state index contributed by atoms with van der Waals surface area (Å²) in [7, 11) is -1.65. The van der Waals surface area contributed by atoms with E-state index in [0.717, 1.165) is 6.42 Å². The first-order valence-electron chi connectivity index (χ1n) is 6.79. The minimum atomic E-state index is -1.65. The standard InChI is InChI=1S/C15H26O3Si/c1-15(2,3)19(4,5)18-12-8-11-17-14-10-7-6-9-13(14)16/h6-7,9-10,16H,8,11-12H2,1-5H3. The van der Waals surface area contributed by atoms with Gasteiger partial charge < -0.3 is 14.3 Å². The Morgan fingerprint density at radius 3 is 2.32 bits per heavy atom. The molecule has 1 aromatic carbocycles. The molecule has 0 radical (unpaired) electrons. The van der Waals surface area contributed by atoms with Gasteiger partial charge in [0.15, 0.2) is 19.8 Å². The number of aromatic hydroxyl groups is 1. The van der Waals surface area contributed by atoms with Gasteiger partial charge in [-0.1, -0.05) is 32.9 Å². The second-order valence-electron chi connectivity index (χ2n) is 6.28. The van der Waals surface area contributed by atoms with Gasteiger partial charge in [-0.15, -0.1) is 0 Å². The van der Waals surface area contributed by atoms with Crippen molar-refractivity contribution in [3.05, 3.63) is 24.3 Å². The molecule has 0 amide bonds. The summed E-state index contributed by atoms with van der Waals surface area (Å²) in [5.74, 6) is 0.725. The largest absolute Gasteiger partial charge is 0.504 e. The molecule has 1 rings (SSSR count). The van der Waals surface area contributed by atoms with Gasteiger partial charge in [-0.25, -0.2) is 0 Å². The average molecular weight is 282 g/mol. The van der Waals surface area contributed by atoms with Gasteiger partial charge in [-0.2, -0.15) is 0 Å². The lowest BCUT2D eigenvalue weighted by atomic mass is 10.2. The summed E-state index contributed by atoms with van der Waals surface area (Å²) in [4.78, 5) is 0. The Kier molecular flexibility index (Phi) is 5.44. The molecule has 3 nitrogen and oxygen atoms in total. The van der Waals surface area contributed by atoms with Crippen molar-refractivity contribution in [2.24, 2.45) is 0 Å². The summed E-state index contributed by atoms with van der Waals surface area (Å²) in [5, 5.41) is 9.80. The van der Waals surface area contributed by atoms with Gasteiger partial charge in [0.25, 0.3) is 0 Å². The van der Waals surface area contributed by atoms with Crippen LogP contribution in [0.25, 0.3) is 0 Å². The molecule has 0 aliphatic rings. The van der Waals surface area contributed by atoms with Gasteiger partial charge in [0.05, 0.1) is 6.61 Å². The fourth-order valence-corrected chi connectivity index (χ4v) is 2.45. The molecule has 0 aliphatic heterocycles. The van der Waals surface area contributed by atoms with E-state index in [1.807, 2.05) is 6.07 Å². The van der Waals surface area contributed by atoms with Crippen molar-refractivity contribution in [2.45, 2.75) is 45.3 Å². The molecule has 19 heavy (non-hydrogen) atoms. The van der Waals surface area contributed by atoms with Gasteiger partial charge in [-0.3, -0.25) is 0 Å². The number of rotatable bonds is 6. The zero-order valence-corrected chi connectivity index (χ0v) is 13.7. The number of para-hydroxylation sites is 2. The highest BCUT2D eigenvalue weighted by molar-refractivity contribution is 6.74. The smallest absolute Gasteiger partial charge is 0.191 e. The summed E-state index contributed by atoms with van der Waals surface area (Å²) in [6, 6.07) is 7.02. The van der Waals surface area contributed by atoms with E-state index in [4.69, 9.17) is 9.16 Å². The number of phenolic OH excluding ortho intramolecular Hbond substituents is 1. The maximum atomic E-state index is 9.55. The van der Waals surface area contributed by atoms with Crippen LogP contribution in [0.15, 0.2) is 24.3 Å². The van der Waals surface area contributed by atoms with Crippen molar-refractivity contribution < 1.29 is 14.3 Å². The van der Waals surface area contributed by atoms with Crippen LogP contribution < -0.4 is 4.74 Å². The highest BCUT2D eigenvalue weighted by Gasteiger charge is 2.36. The van der Waals surface area contributed by atoms with E-state index >= 15 is 0 Å². The Morgan fingerprint density at radius 2 is 1.74 bits per heavy atom. The van der Waals surface area contributed by atoms with Crippen molar-refractivity contribution in [1.29, 1.82) is 0 Å². The number of benzene rings is 1. The first-order chi connectivity index (χ1) is 8.74. The average Bonchev–Trinajstić information content (AvgIpc) is 2.29. The van der Waals surface area contributed by atoms with E-state index in [-0.39, 0.29) is 10.8 Å². The summed E-state index contributed by atoms with van der Waals surface area (Å²) in [6.07, 6.45) is 0.834.